The highest BCUT2D eigenvalue weighted by atomic mass is 35.5. The Morgan fingerprint density at radius 1 is 1.18 bits per heavy atom. The zero-order valence-corrected chi connectivity index (χ0v) is 15.4. The monoisotopic (exact) mass is 429 g/mol. The number of amides is 1. The van der Waals surface area contributed by atoms with Crippen LogP contribution in [0.2, 0.25) is 5.02 Å². The molecule has 0 aliphatic heterocycles. The van der Waals surface area contributed by atoms with Crippen molar-refractivity contribution >= 4 is 35.0 Å². The topological polar surface area (TPSA) is 77.2 Å². The normalized spacial score (nSPS) is 11.3. The van der Waals surface area contributed by atoms with E-state index in [1.807, 2.05) is 0 Å². The van der Waals surface area contributed by atoms with Crippen molar-refractivity contribution in [3.05, 3.63) is 53.6 Å². The van der Waals surface area contributed by atoms with Crippen molar-refractivity contribution in [2.24, 2.45) is 0 Å². The van der Waals surface area contributed by atoms with E-state index < -0.39 is 12.3 Å². The number of carbonyl (C=O) groups excluding carboxylic acids is 1. The summed E-state index contributed by atoms with van der Waals surface area (Å²) in [5.41, 5.74) is 0.975. The number of carbonyl (C=O) groups is 1. The third-order valence-corrected chi connectivity index (χ3v) is 4.23. The van der Waals surface area contributed by atoms with E-state index in [0.717, 1.165) is 23.9 Å². The van der Waals surface area contributed by atoms with Crippen molar-refractivity contribution in [3.8, 4) is 17.2 Å². The van der Waals surface area contributed by atoms with Gasteiger partial charge in [0.1, 0.15) is 5.75 Å². The van der Waals surface area contributed by atoms with Gasteiger partial charge < -0.3 is 14.5 Å². The van der Waals surface area contributed by atoms with Gasteiger partial charge in [-0.1, -0.05) is 29.4 Å². The molecular weight excluding hydrogens is 419 g/mol. The summed E-state index contributed by atoms with van der Waals surface area (Å²) in [5, 5.41) is 11.0. The number of halogens is 4. The Morgan fingerprint density at radius 2 is 1.93 bits per heavy atom. The highest BCUT2D eigenvalue weighted by Crippen LogP contribution is 2.26. The first-order valence-corrected chi connectivity index (χ1v) is 9.03. The third-order valence-electron chi connectivity index (χ3n) is 3.18. The first-order chi connectivity index (χ1) is 13.3. The summed E-state index contributed by atoms with van der Waals surface area (Å²) in [6.45, 7) is 0. The van der Waals surface area contributed by atoms with Crippen LogP contribution in [-0.4, -0.2) is 28.2 Å². The summed E-state index contributed by atoms with van der Waals surface area (Å²) in [6.07, 6.45) is -4.77. The number of aromatic nitrogens is 2. The number of thioether (sulfide) groups is 1. The van der Waals surface area contributed by atoms with Gasteiger partial charge >= 0.3 is 6.36 Å². The molecular formula is C17H11ClF3N3O3S. The lowest BCUT2D eigenvalue weighted by Crippen LogP contribution is -2.17. The Hall–Kier alpha value is -2.72. The molecule has 0 saturated carbocycles. The second kappa shape index (κ2) is 8.53. The minimum absolute atomic E-state index is 0.0298. The number of nitrogens with zero attached hydrogens (tertiary/aromatic N) is 2. The van der Waals surface area contributed by atoms with Crippen LogP contribution in [0.25, 0.3) is 11.5 Å². The Morgan fingerprint density at radius 3 is 2.61 bits per heavy atom. The molecule has 0 radical (unpaired) electrons. The van der Waals surface area contributed by atoms with Gasteiger partial charge in [0, 0.05) is 16.3 Å². The van der Waals surface area contributed by atoms with Crippen LogP contribution in [0.4, 0.5) is 18.9 Å². The van der Waals surface area contributed by atoms with Gasteiger partial charge in [-0.15, -0.1) is 23.4 Å². The molecule has 0 bridgehead atoms. The number of ether oxygens (including phenoxy) is 1. The van der Waals surface area contributed by atoms with Gasteiger partial charge in [0.15, 0.2) is 0 Å². The SMILES string of the molecule is O=C(CSc1nnc(-c2cccc(Cl)c2)o1)Nc1ccc(OC(F)(F)F)cc1. The zero-order valence-electron chi connectivity index (χ0n) is 13.9. The van der Waals surface area contributed by atoms with Crippen molar-refractivity contribution in [2.45, 2.75) is 11.6 Å². The molecule has 0 atom stereocenters. The summed E-state index contributed by atoms with van der Waals surface area (Å²) in [6, 6.07) is 11.7. The van der Waals surface area contributed by atoms with E-state index in [2.05, 4.69) is 20.3 Å². The Kier molecular flexibility index (Phi) is 6.10. The number of nitrogens with one attached hydrogen (secondary N) is 1. The quantitative estimate of drug-likeness (QED) is 0.554. The number of hydrogen-bond acceptors (Lipinski definition) is 6. The molecule has 3 aromatic rings. The van der Waals surface area contributed by atoms with E-state index in [4.69, 9.17) is 16.0 Å². The van der Waals surface area contributed by atoms with Crippen molar-refractivity contribution in [1.82, 2.24) is 10.2 Å². The van der Waals surface area contributed by atoms with Crippen LogP contribution in [0, 0.1) is 0 Å². The maximum atomic E-state index is 12.1. The summed E-state index contributed by atoms with van der Waals surface area (Å²) < 4.78 is 45.6. The highest BCUT2D eigenvalue weighted by Gasteiger charge is 2.30. The van der Waals surface area contributed by atoms with Crippen LogP contribution >= 0.6 is 23.4 Å². The largest absolute Gasteiger partial charge is 0.573 e. The average Bonchev–Trinajstić information content (AvgIpc) is 3.10. The van der Waals surface area contributed by atoms with Gasteiger partial charge in [-0.2, -0.15) is 0 Å². The first-order valence-electron chi connectivity index (χ1n) is 7.66. The zero-order chi connectivity index (χ0) is 20.1. The maximum Gasteiger partial charge on any atom is 0.573 e. The van der Waals surface area contributed by atoms with Gasteiger partial charge in [0.05, 0.1) is 5.75 Å². The summed E-state index contributed by atoms with van der Waals surface area (Å²) >= 11 is 6.93. The fourth-order valence-corrected chi connectivity index (χ4v) is 2.82. The Balaban J connectivity index is 1.52. The fraction of sp³-hybridized carbons (Fsp3) is 0.118. The van der Waals surface area contributed by atoms with Crippen LogP contribution in [0.3, 0.4) is 0 Å². The molecule has 0 spiro atoms. The van der Waals surface area contributed by atoms with Crippen LogP contribution in [0.1, 0.15) is 0 Å². The second-order valence-electron chi connectivity index (χ2n) is 5.29. The first kappa shape index (κ1) is 20.0. The molecule has 146 valence electrons. The smallest absolute Gasteiger partial charge is 0.411 e. The second-order valence-corrected chi connectivity index (χ2v) is 6.66. The molecule has 11 heteroatoms. The minimum atomic E-state index is -4.77. The lowest BCUT2D eigenvalue weighted by molar-refractivity contribution is -0.274. The standard InChI is InChI=1S/C17H11ClF3N3O3S/c18-11-3-1-2-10(8-11)15-23-24-16(26-15)28-9-14(25)22-12-4-6-13(7-5-12)27-17(19,20)21/h1-8H,9H2,(H,22,25). The molecule has 1 heterocycles. The van der Waals surface area contributed by atoms with Crippen LogP contribution in [0.5, 0.6) is 5.75 Å². The molecule has 6 nitrogen and oxygen atoms in total. The molecule has 28 heavy (non-hydrogen) atoms. The Bertz CT molecular complexity index is 964. The van der Waals surface area contributed by atoms with Crippen LogP contribution < -0.4 is 10.1 Å². The molecule has 0 aliphatic carbocycles. The molecule has 1 N–H and O–H groups in total. The van der Waals surface area contributed by atoms with Gasteiger partial charge in [-0.3, -0.25) is 4.79 Å². The predicted octanol–water partition coefficient (Wildman–Crippen LogP) is 5.02. The fourth-order valence-electron chi connectivity index (χ4n) is 2.07. The molecule has 0 unspecified atom stereocenters. The number of rotatable bonds is 6. The lowest BCUT2D eigenvalue weighted by Gasteiger charge is -2.09. The molecule has 0 aliphatic rings. The summed E-state index contributed by atoms with van der Waals surface area (Å²) in [5.74, 6) is -0.528. The number of hydrogen-bond donors (Lipinski definition) is 1. The Labute approximate surface area is 166 Å². The highest BCUT2D eigenvalue weighted by molar-refractivity contribution is 7.99. The van der Waals surface area contributed by atoms with Gasteiger partial charge in [0.25, 0.3) is 5.22 Å². The molecule has 0 fully saturated rings. The number of alkyl halides is 3. The molecule has 1 aromatic heterocycles. The minimum Gasteiger partial charge on any atom is -0.411 e. The summed E-state index contributed by atoms with van der Waals surface area (Å²) in [4.78, 5) is 12.0. The van der Waals surface area contributed by atoms with E-state index in [0.29, 0.717) is 16.3 Å². The van der Waals surface area contributed by atoms with Crippen LogP contribution in [-0.2, 0) is 4.79 Å². The number of anilines is 1. The van der Waals surface area contributed by atoms with Crippen LogP contribution in [0.15, 0.2) is 58.2 Å². The van der Waals surface area contributed by atoms with E-state index >= 15 is 0 Å². The van der Waals surface area contributed by atoms with E-state index in [-0.39, 0.29) is 22.6 Å². The number of benzene rings is 2. The van der Waals surface area contributed by atoms with Gasteiger partial charge in [-0.25, -0.2) is 0 Å². The predicted molar refractivity (Wildman–Crippen MR) is 97.2 cm³/mol. The van der Waals surface area contributed by atoms with Crippen molar-refractivity contribution < 1.29 is 27.1 Å². The average molecular weight is 430 g/mol. The van der Waals surface area contributed by atoms with Crippen molar-refractivity contribution in [2.75, 3.05) is 11.1 Å². The van der Waals surface area contributed by atoms with E-state index in [1.165, 1.54) is 12.1 Å². The van der Waals surface area contributed by atoms with Gasteiger partial charge in [0.2, 0.25) is 11.8 Å². The molecule has 0 saturated heterocycles. The maximum absolute atomic E-state index is 12.1. The lowest BCUT2D eigenvalue weighted by atomic mass is 10.2. The molecule has 1 amide bonds. The molecule has 2 aromatic carbocycles. The van der Waals surface area contributed by atoms with E-state index in [9.17, 15) is 18.0 Å². The van der Waals surface area contributed by atoms with E-state index in [1.54, 1.807) is 24.3 Å². The van der Waals surface area contributed by atoms with Gasteiger partial charge in [-0.05, 0) is 42.5 Å². The van der Waals surface area contributed by atoms with Crippen molar-refractivity contribution in [1.29, 1.82) is 0 Å². The molecule has 3 rings (SSSR count). The van der Waals surface area contributed by atoms with Crippen molar-refractivity contribution in [3.63, 3.8) is 0 Å². The third kappa shape index (κ3) is 5.89. The summed E-state index contributed by atoms with van der Waals surface area (Å²) in [7, 11) is 0.